The first-order chi connectivity index (χ1) is 9.56. The van der Waals surface area contributed by atoms with Gasteiger partial charge in [0.2, 0.25) is 0 Å². The molecule has 4 N–H and O–H groups in total. The average Bonchev–Trinajstić information content (AvgIpc) is 2.87. The van der Waals surface area contributed by atoms with E-state index >= 15 is 0 Å². The maximum absolute atomic E-state index is 11.8. The topological polar surface area (TPSA) is 123 Å². The predicted molar refractivity (Wildman–Crippen MR) is 70.2 cm³/mol. The standard InChI is InChI=1S/C12H13N5O3/c13-9-3-1-2-8(6-9)11(18)14-4-5-17-7-10(12(19)20)15-16-17/h1-3,6-7H,4-5,13H2,(H,14,18)(H,19,20). The van der Waals surface area contributed by atoms with Crippen LogP contribution in [-0.2, 0) is 6.54 Å². The van der Waals surface area contributed by atoms with Gasteiger partial charge in [0, 0.05) is 17.8 Å². The first-order valence-electron chi connectivity index (χ1n) is 5.83. The largest absolute Gasteiger partial charge is 0.476 e. The van der Waals surface area contributed by atoms with E-state index in [0.717, 1.165) is 0 Å². The Morgan fingerprint density at radius 1 is 1.40 bits per heavy atom. The number of nitrogen functional groups attached to an aromatic ring is 1. The van der Waals surface area contributed by atoms with Crippen molar-refractivity contribution in [3.63, 3.8) is 0 Å². The minimum absolute atomic E-state index is 0.132. The lowest BCUT2D eigenvalue weighted by molar-refractivity contribution is 0.0690. The van der Waals surface area contributed by atoms with Crippen LogP contribution in [0.2, 0.25) is 0 Å². The van der Waals surface area contributed by atoms with Crippen molar-refractivity contribution >= 4 is 17.6 Å². The second-order valence-electron chi connectivity index (χ2n) is 4.05. The second kappa shape index (κ2) is 5.83. The van der Waals surface area contributed by atoms with Gasteiger partial charge in [0.05, 0.1) is 12.7 Å². The highest BCUT2D eigenvalue weighted by Gasteiger charge is 2.08. The van der Waals surface area contributed by atoms with E-state index in [1.165, 1.54) is 10.9 Å². The van der Waals surface area contributed by atoms with Crippen molar-refractivity contribution in [3.8, 4) is 0 Å². The van der Waals surface area contributed by atoms with Crippen LogP contribution < -0.4 is 11.1 Å². The van der Waals surface area contributed by atoms with Gasteiger partial charge in [-0.2, -0.15) is 0 Å². The number of rotatable bonds is 5. The van der Waals surface area contributed by atoms with Crippen molar-refractivity contribution < 1.29 is 14.7 Å². The summed E-state index contributed by atoms with van der Waals surface area (Å²) < 4.78 is 1.35. The summed E-state index contributed by atoms with van der Waals surface area (Å²) in [6, 6.07) is 6.62. The van der Waals surface area contributed by atoms with Gasteiger partial charge in [-0.3, -0.25) is 4.79 Å². The number of carboxylic acid groups (broad SMARTS) is 1. The molecule has 0 fully saturated rings. The molecule has 0 radical (unpaired) electrons. The summed E-state index contributed by atoms with van der Waals surface area (Å²) in [5.74, 6) is -1.39. The number of carbonyl (C=O) groups excluding carboxylic acids is 1. The summed E-state index contributed by atoms with van der Waals surface area (Å²) in [5, 5.41) is 18.5. The molecular weight excluding hydrogens is 262 g/mol. The van der Waals surface area contributed by atoms with Crippen LogP contribution in [-0.4, -0.2) is 38.5 Å². The fourth-order valence-electron chi connectivity index (χ4n) is 1.57. The average molecular weight is 275 g/mol. The maximum atomic E-state index is 11.8. The highest BCUT2D eigenvalue weighted by Crippen LogP contribution is 2.05. The van der Waals surface area contributed by atoms with E-state index in [-0.39, 0.29) is 11.6 Å². The summed E-state index contributed by atoms with van der Waals surface area (Å²) in [6.07, 6.45) is 1.30. The van der Waals surface area contributed by atoms with Crippen molar-refractivity contribution in [3.05, 3.63) is 41.7 Å². The second-order valence-corrected chi connectivity index (χ2v) is 4.05. The van der Waals surface area contributed by atoms with Crippen LogP contribution in [0.4, 0.5) is 5.69 Å². The van der Waals surface area contributed by atoms with E-state index < -0.39 is 5.97 Å². The third kappa shape index (κ3) is 3.31. The zero-order valence-electron chi connectivity index (χ0n) is 10.5. The highest BCUT2D eigenvalue weighted by atomic mass is 16.4. The molecule has 0 saturated heterocycles. The van der Waals surface area contributed by atoms with Gasteiger partial charge in [0.1, 0.15) is 0 Å². The van der Waals surface area contributed by atoms with Crippen molar-refractivity contribution in [2.24, 2.45) is 0 Å². The molecule has 0 unspecified atom stereocenters. The normalized spacial score (nSPS) is 10.2. The van der Waals surface area contributed by atoms with E-state index in [1.54, 1.807) is 24.3 Å². The number of benzene rings is 1. The van der Waals surface area contributed by atoms with Gasteiger partial charge >= 0.3 is 5.97 Å². The van der Waals surface area contributed by atoms with E-state index in [9.17, 15) is 9.59 Å². The molecule has 1 heterocycles. The number of carbonyl (C=O) groups is 2. The minimum Gasteiger partial charge on any atom is -0.476 e. The monoisotopic (exact) mass is 275 g/mol. The number of nitrogens with zero attached hydrogens (tertiary/aromatic N) is 3. The SMILES string of the molecule is Nc1cccc(C(=O)NCCn2cc(C(=O)O)nn2)c1. The van der Waals surface area contributed by atoms with Gasteiger partial charge < -0.3 is 16.2 Å². The lowest BCUT2D eigenvalue weighted by Gasteiger charge is -2.05. The zero-order chi connectivity index (χ0) is 14.5. The molecule has 0 bridgehead atoms. The van der Waals surface area contributed by atoms with Gasteiger partial charge in [-0.05, 0) is 18.2 Å². The number of amides is 1. The summed E-state index contributed by atoms with van der Waals surface area (Å²) in [4.78, 5) is 22.4. The number of nitrogens with two attached hydrogens (primary N) is 1. The molecule has 0 aliphatic rings. The van der Waals surface area contributed by atoms with Gasteiger partial charge in [-0.15, -0.1) is 5.10 Å². The van der Waals surface area contributed by atoms with E-state index in [1.807, 2.05) is 0 Å². The first-order valence-corrected chi connectivity index (χ1v) is 5.83. The van der Waals surface area contributed by atoms with Crippen molar-refractivity contribution in [1.82, 2.24) is 20.3 Å². The predicted octanol–water partition coefficient (Wildman–Crippen LogP) is -0.0115. The molecule has 2 rings (SSSR count). The summed E-state index contributed by atoms with van der Waals surface area (Å²) in [6.45, 7) is 0.629. The Bertz CT molecular complexity index is 638. The van der Waals surface area contributed by atoms with Gasteiger partial charge in [0.15, 0.2) is 5.69 Å². The molecule has 2 aromatic rings. The van der Waals surface area contributed by atoms with Crippen LogP contribution >= 0.6 is 0 Å². The van der Waals surface area contributed by atoms with Gasteiger partial charge in [-0.1, -0.05) is 11.3 Å². The lowest BCUT2D eigenvalue weighted by Crippen LogP contribution is -2.27. The minimum atomic E-state index is -1.14. The molecule has 1 aromatic carbocycles. The molecule has 0 spiro atoms. The Morgan fingerprint density at radius 3 is 2.85 bits per heavy atom. The van der Waals surface area contributed by atoms with Crippen LogP contribution in [0, 0.1) is 0 Å². The number of hydrogen-bond acceptors (Lipinski definition) is 5. The quantitative estimate of drug-likeness (QED) is 0.659. The summed E-state index contributed by atoms with van der Waals surface area (Å²) >= 11 is 0. The molecule has 0 aliphatic heterocycles. The molecule has 1 amide bonds. The van der Waals surface area contributed by atoms with Crippen molar-refractivity contribution in [1.29, 1.82) is 0 Å². The number of hydrogen-bond donors (Lipinski definition) is 3. The van der Waals surface area contributed by atoms with Gasteiger partial charge in [0.25, 0.3) is 5.91 Å². The molecule has 20 heavy (non-hydrogen) atoms. The fourth-order valence-corrected chi connectivity index (χ4v) is 1.57. The zero-order valence-corrected chi connectivity index (χ0v) is 10.5. The molecular formula is C12H13N5O3. The van der Waals surface area contributed by atoms with Crippen molar-refractivity contribution in [2.45, 2.75) is 6.54 Å². The molecule has 104 valence electrons. The van der Waals surface area contributed by atoms with Crippen LogP contribution in [0.3, 0.4) is 0 Å². The van der Waals surface area contributed by atoms with E-state index in [2.05, 4.69) is 15.6 Å². The van der Waals surface area contributed by atoms with Gasteiger partial charge in [-0.25, -0.2) is 9.48 Å². The molecule has 0 atom stereocenters. The number of anilines is 1. The Morgan fingerprint density at radius 2 is 2.20 bits per heavy atom. The van der Waals surface area contributed by atoms with Crippen LogP contribution in [0.25, 0.3) is 0 Å². The molecule has 0 aliphatic carbocycles. The molecule has 8 heteroatoms. The third-order valence-electron chi connectivity index (χ3n) is 2.53. The number of aromatic carboxylic acids is 1. The summed E-state index contributed by atoms with van der Waals surface area (Å²) in [5.41, 5.74) is 6.44. The maximum Gasteiger partial charge on any atom is 0.358 e. The van der Waals surface area contributed by atoms with Crippen LogP contribution in [0.1, 0.15) is 20.8 Å². The Labute approximate surface area is 114 Å². The molecule has 1 aromatic heterocycles. The first kappa shape index (κ1) is 13.5. The number of carboxylic acids is 1. The summed E-state index contributed by atoms with van der Waals surface area (Å²) in [7, 11) is 0. The Hall–Kier alpha value is -2.90. The molecule has 0 saturated carbocycles. The van der Waals surface area contributed by atoms with Crippen molar-refractivity contribution in [2.75, 3.05) is 12.3 Å². The van der Waals surface area contributed by atoms with E-state index in [0.29, 0.717) is 24.3 Å². The fraction of sp³-hybridized carbons (Fsp3) is 0.167. The Balaban J connectivity index is 1.86. The van der Waals surface area contributed by atoms with E-state index in [4.69, 9.17) is 10.8 Å². The van der Waals surface area contributed by atoms with Crippen LogP contribution in [0.15, 0.2) is 30.5 Å². The third-order valence-corrected chi connectivity index (χ3v) is 2.53. The smallest absolute Gasteiger partial charge is 0.358 e. The molecule has 8 nitrogen and oxygen atoms in total. The number of nitrogens with one attached hydrogen (secondary N) is 1. The Kier molecular flexibility index (Phi) is 3.94. The lowest BCUT2D eigenvalue weighted by atomic mass is 10.2. The number of aromatic nitrogens is 3. The highest BCUT2D eigenvalue weighted by molar-refractivity contribution is 5.94. The van der Waals surface area contributed by atoms with Crippen LogP contribution in [0.5, 0.6) is 0 Å².